The summed E-state index contributed by atoms with van der Waals surface area (Å²) in [7, 11) is 6.30. The second-order valence-electron chi connectivity index (χ2n) is 6.28. The molecule has 0 bridgehead atoms. The van der Waals surface area contributed by atoms with Crippen LogP contribution in [0.5, 0.6) is 0 Å². The second-order valence-corrected chi connectivity index (χ2v) is 7.66. The molecule has 0 saturated carbocycles. The summed E-state index contributed by atoms with van der Waals surface area (Å²) in [4.78, 5) is 17.1. The van der Waals surface area contributed by atoms with Gasteiger partial charge in [0.1, 0.15) is 13.2 Å². The Labute approximate surface area is 152 Å². The van der Waals surface area contributed by atoms with Gasteiger partial charge in [-0.3, -0.25) is 9.78 Å². The van der Waals surface area contributed by atoms with Gasteiger partial charge in [0.25, 0.3) is 0 Å². The molecule has 1 heterocycles. The number of thiocarbonyl (C=S) groups is 1. The van der Waals surface area contributed by atoms with Crippen molar-refractivity contribution in [3.63, 3.8) is 0 Å². The number of benzene rings is 1. The van der Waals surface area contributed by atoms with Gasteiger partial charge in [-0.25, -0.2) is 0 Å². The molecule has 4 nitrogen and oxygen atoms in total. The van der Waals surface area contributed by atoms with Crippen LogP contribution in [-0.4, -0.2) is 53.9 Å². The van der Waals surface area contributed by atoms with Crippen LogP contribution in [0.15, 0.2) is 53.7 Å². The van der Waals surface area contributed by atoms with Crippen LogP contribution in [0.3, 0.4) is 0 Å². The summed E-state index contributed by atoms with van der Waals surface area (Å²) in [5.41, 5.74) is 1.34. The molecule has 6 heteroatoms. The van der Waals surface area contributed by atoms with E-state index in [1.165, 1.54) is 0 Å². The minimum Gasteiger partial charge on any atom is -0.477 e. The maximum Gasteiger partial charge on any atom is 0.225 e. The van der Waals surface area contributed by atoms with Crippen LogP contribution in [0.1, 0.15) is 15.9 Å². The number of carbonyl (C=O) groups excluding carboxylic acids is 1. The lowest BCUT2D eigenvalue weighted by molar-refractivity contribution is -0.870. The lowest BCUT2D eigenvalue weighted by Crippen LogP contribution is -2.37. The molecule has 0 unspecified atom stereocenters. The van der Waals surface area contributed by atoms with E-state index in [1.54, 1.807) is 24.5 Å². The van der Waals surface area contributed by atoms with Crippen molar-refractivity contribution in [1.29, 1.82) is 0 Å². The van der Waals surface area contributed by atoms with E-state index in [-0.39, 0.29) is 5.12 Å². The molecule has 0 spiro atoms. The monoisotopic (exact) mass is 361 g/mol. The Morgan fingerprint density at radius 2 is 1.96 bits per heavy atom. The van der Waals surface area contributed by atoms with Gasteiger partial charge in [0, 0.05) is 28.4 Å². The minimum absolute atomic E-state index is 0.0651. The molecule has 0 radical (unpaired) electrons. The van der Waals surface area contributed by atoms with Crippen molar-refractivity contribution in [1.82, 2.24) is 4.98 Å². The van der Waals surface area contributed by atoms with E-state index in [0.29, 0.717) is 17.2 Å². The van der Waals surface area contributed by atoms with Gasteiger partial charge in [0.05, 0.1) is 21.1 Å². The Morgan fingerprint density at radius 1 is 1.21 bits per heavy atom. The quantitative estimate of drug-likeness (QED) is 0.448. The van der Waals surface area contributed by atoms with E-state index < -0.39 is 0 Å². The Balaban J connectivity index is 2.07. The van der Waals surface area contributed by atoms with E-state index in [2.05, 4.69) is 26.1 Å². The molecule has 24 heavy (non-hydrogen) atoms. The van der Waals surface area contributed by atoms with Crippen molar-refractivity contribution in [2.45, 2.75) is 4.90 Å². The van der Waals surface area contributed by atoms with Gasteiger partial charge in [-0.1, -0.05) is 12.1 Å². The zero-order chi connectivity index (χ0) is 17.6. The van der Waals surface area contributed by atoms with Crippen LogP contribution in [0.25, 0.3) is 0 Å². The van der Waals surface area contributed by atoms with Gasteiger partial charge in [-0.15, -0.1) is 0 Å². The van der Waals surface area contributed by atoms with Gasteiger partial charge in [-0.05, 0) is 48.2 Å². The summed E-state index contributed by atoms with van der Waals surface area (Å²) in [6.07, 6.45) is 3.21. The first-order valence-electron chi connectivity index (χ1n) is 7.55. The molecular weight excluding hydrogens is 340 g/mol. The fraction of sp³-hybridized carbons (Fsp3) is 0.278. The molecule has 1 aromatic heterocycles. The van der Waals surface area contributed by atoms with Gasteiger partial charge in [-0.2, -0.15) is 0 Å². The second kappa shape index (κ2) is 8.37. The molecule has 0 atom stereocenters. The number of thioether (sulfide) groups is 1. The molecule has 0 saturated heterocycles. The van der Waals surface area contributed by atoms with Crippen LogP contribution in [0.2, 0.25) is 0 Å². The fourth-order valence-corrected chi connectivity index (χ4v) is 3.04. The first kappa shape index (κ1) is 18.6. The average Bonchev–Trinajstić information content (AvgIpc) is 2.55. The number of rotatable bonds is 6. The molecule has 0 amide bonds. The Hall–Kier alpha value is -1.76. The number of aromatic nitrogens is 1. The first-order valence-corrected chi connectivity index (χ1v) is 8.78. The van der Waals surface area contributed by atoms with Gasteiger partial charge >= 0.3 is 0 Å². The van der Waals surface area contributed by atoms with Crippen molar-refractivity contribution < 1.29 is 14.0 Å². The molecule has 1 aromatic carbocycles. The average molecular weight is 362 g/mol. The van der Waals surface area contributed by atoms with E-state index in [1.807, 2.05) is 24.3 Å². The largest absolute Gasteiger partial charge is 0.477 e. The number of pyridine rings is 1. The number of carbonyl (C=O) groups is 1. The van der Waals surface area contributed by atoms with E-state index in [4.69, 9.17) is 17.0 Å². The predicted octanol–water partition coefficient (Wildman–Crippen LogP) is 3.41. The van der Waals surface area contributed by atoms with Crippen molar-refractivity contribution in [3.8, 4) is 0 Å². The first-order chi connectivity index (χ1) is 11.4. The number of quaternary nitrogens is 1. The smallest absolute Gasteiger partial charge is 0.225 e. The third kappa shape index (κ3) is 5.70. The fourth-order valence-electron chi connectivity index (χ4n) is 1.86. The molecule has 0 fully saturated rings. The highest BCUT2D eigenvalue weighted by molar-refractivity contribution is 8.14. The molecule has 0 aliphatic carbocycles. The van der Waals surface area contributed by atoms with Crippen LogP contribution < -0.4 is 0 Å². The summed E-state index contributed by atoms with van der Waals surface area (Å²) in [5.74, 6) is 0. The van der Waals surface area contributed by atoms with E-state index in [0.717, 1.165) is 33.2 Å². The number of hydrogen-bond acceptors (Lipinski definition) is 5. The van der Waals surface area contributed by atoms with Gasteiger partial charge in [0.2, 0.25) is 5.12 Å². The van der Waals surface area contributed by atoms with Gasteiger partial charge in [0.15, 0.2) is 5.05 Å². The summed E-state index contributed by atoms with van der Waals surface area (Å²) >= 11 is 6.54. The lowest BCUT2D eigenvalue weighted by atomic mass is 10.2. The van der Waals surface area contributed by atoms with Crippen molar-refractivity contribution in [2.75, 3.05) is 34.3 Å². The number of nitrogens with zero attached hydrogens (tertiary/aromatic N) is 2. The highest BCUT2D eigenvalue weighted by Crippen LogP contribution is 2.27. The summed E-state index contributed by atoms with van der Waals surface area (Å²) < 4.78 is 6.51. The highest BCUT2D eigenvalue weighted by Gasteiger charge is 2.15. The topological polar surface area (TPSA) is 39.2 Å². The number of likely N-dealkylation sites (N-methyl/N-ethyl adjacent to an activating group) is 1. The zero-order valence-corrected chi connectivity index (χ0v) is 15.7. The molecule has 0 N–H and O–H groups in total. The van der Waals surface area contributed by atoms with E-state index >= 15 is 0 Å². The summed E-state index contributed by atoms with van der Waals surface area (Å²) in [6, 6.07) is 11.0. The summed E-state index contributed by atoms with van der Waals surface area (Å²) in [5, 5.41) is 0.357. The molecule has 126 valence electrons. The van der Waals surface area contributed by atoms with Crippen molar-refractivity contribution in [2.24, 2.45) is 0 Å². The molecular formula is C18H21N2O2S2+. The molecule has 0 aliphatic heterocycles. The lowest BCUT2D eigenvalue weighted by Gasteiger charge is -2.23. The Kier molecular flexibility index (Phi) is 6.48. The van der Waals surface area contributed by atoms with E-state index in [9.17, 15) is 4.79 Å². The van der Waals surface area contributed by atoms with Crippen LogP contribution >= 0.6 is 24.0 Å². The highest BCUT2D eigenvalue weighted by atomic mass is 32.2. The van der Waals surface area contributed by atoms with Crippen LogP contribution in [0, 0.1) is 0 Å². The van der Waals surface area contributed by atoms with Gasteiger partial charge < -0.3 is 9.22 Å². The number of ether oxygens (including phenoxy) is 1. The normalized spacial score (nSPS) is 11.1. The maximum absolute atomic E-state index is 12.4. The maximum atomic E-state index is 12.4. The molecule has 2 rings (SSSR count). The van der Waals surface area contributed by atoms with Crippen LogP contribution in [0.4, 0.5) is 0 Å². The minimum atomic E-state index is -0.0651. The third-order valence-corrected chi connectivity index (χ3v) is 4.54. The van der Waals surface area contributed by atoms with Crippen LogP contribution in [-0.2, 0) is 4.74 Å². The molecule has 0 aliphatic rings. The van der Waals surface area contributed by atoms with Crippen molar-refractivity contribution in [3.05, 3.63) is 59.9 Å². The SMILES string of the molecule is C[N+](C)(C)CCOC(=S)c1ccccc1SC(=O)c1cccnc1. The Morgan fingerprint density at radius 3 is 2.62 bits per heavy atom. The predicted molar refractivity (Wildman–Crippen MR) is 101 cm³/mol. The van der Waals surface area contributed by atoms with Crippen molar-refractivity contribution >= 4 is 34.1 Å². The standard InChI is InChI=1S/C18H21N2O2S2/c1-20(2,3)11-12-22-18(23)15-8-4-5-9-16(15)24-17(21)14-7-6-10-19-13-14/h4-10,13H,11-12H2,1-3H3/q+1. The zero-order valence-electron chi connectivity index (χ0n) is 14.1. The number of hydrogen-bond donors (Lipinski definition) is 0. The molecule has 2 aromatic rings. The summed E-state index contributed by atoms with van der Waals surface area (Å²) in [6.45, 7) is 1.39. The third-order valence-electron chi connectivity index (χ3n) is 3.20. The Bertz CT molecular complexity index is 712.